The summed E-state index contributed by atoms with van der Waals surface area (Å²) in [6.45, 7) is 8.94. The van der Waals surface area contributed by atoms with Gasteiger partial charge in [-0.1, -0.05) is 42.0 Å². The molecular weight excluding hydrogens is 464 g/mol. The Hall–Kier alpha value is -3.92. The fourth-order valence-corrected chi connectivity index (χ4v) is 4.74. The van der Waals surface area contributed by atoms with E-state index < -0.39 is 5.60 Å². The van der Waals surface area contributed by atoms with Crippen LogP contribution in [0.5, 0.6) is 0 Å². The highest BCUT2D eigenvalue weighted by molar-refractivity contribution is 5.79. The summed E-state index contributed by atoms with van der Waals surface area (Å²) in [6.07, 6.45) is 1.96. The van der Waals surface area contributed by atoms with Crippen LogP contribution in [0.3, 0.4) is 0 Å². The Morgan fingerprint density at radius 3 is 2.22 bits per heavy atom. The monoisotopic (exact) mass is 498 g/mol. The highest BCUT2D eigenvalue weighted by Gasteiger charge is 2.28. The first-order valence-electron chi connectivity index (χ1n) is 12.7. The zero-order chi connectivity index (χ0) is 26.7. The lowest BCUT2D eigenvalue weighted by molar-refractivity contribution is -0.156. The molecule has 7 heteroatoms. The van der Waals surface area contributed by atoms with Crippen LogP contribution in [0.4, 0.5) is 5.82 Å². The number of hydrogen-bond donors (Lipinski definition) is 0. The summed E-state index contributed by atoms with van der Waals surface area (Å²) >= 11 is 0. The predicted molar refractivity (Wildman–Crippen MR) is 145 cm³/mol. The number of carbonyl (C=O) groups excluding carboxylic acids is 1. The lowest BCUT2D eigenvalue weighted by Gasteiger charge is -2.33. The number of aryl methyl sites for hydroxylation is 1. The van der Waals surface area contributed by atoms with Gasteiger partial charge in [-0.3, -0.25) is 9.59 Å². The topological polar surface area (TPSA) is 88.2 Å². The van der Waals surface area contributed by atoms with E-state index in [9.17, 15) is 14.9 Å². The fourth-order valence-electron chi connectivity index (χ4n) is 4.74. The summed E-state index contributed by atoms with van der Waals surface area (Å²) in [6, 6.07) is 17.5. The molecule has 1 aliphatic heterocycles. The maximum Gasteiger partial charge on any atom is 0.306 e. The summed E-state index contributed by atoms with van der Waals surface area (Å²) in [7, 11) is 1.78. The Labute approximate surface area is 218 Å². The Morgan fingerprint density at radius 2 is 1.65 bits per heavy atom. The average molecular weight is 499 g/mol. The second-order valence-corrected chi connectivity index (χ2v) is 10.8. The lowest BCUT2D eigenvalue weighted by Crippen LogP contribution is -2.40. The quantitative estimate of drug-likeness (QED) is 0.447. The second kappa shape index (κ2) is 10.6. The maximum absolute atomic E-state index is 13.6. The Bertz CT molecular complexity index is 1370. The number of ether oxygens (including phenoxy) is 1. The highest BCUT2D eigenvalue weighted by atomic mass is 16.6. The molecule has 0 N–H and O–H groups in total. The van der Waals surface area contributed by atoms with Crippen molar-refractivity contribution in [3.8, 4) is 28.6 Å². The van der Waals surface area contributed by atoms with Crippen molar-refractivity contribution in [1.82, 2.24) is 9.55 Å². The summed E-state index contributed by atoms with van der Waals surface area (Å²) in [4.78, 5) is 32.8. The van der Waals surface area contributed by atoms with E-state index in [0.29, 0.717) is 36.6 Å². The summed E-state index contributed by atoms with van der Waals surface area (Å²) < 4.78 is 7.17. The van der Waals surface area contributed by atoms with Crippen LogP contribution in [-0.4, -0.2) is 34.2 Å². The van der Waals surface area contributed by atoms with Crippen molar-refractivity contribution in [3.63, 3.8) is 0 Å². The molecule has 3 aromatic rings. The van der Waals surface area contributed by atoms with Gasteiger partial charge in [-0.05, 0) is 58.6 Å². The van der Waals surface area contributed by atoms with Crippen molar-refractivity contribution >= 4 is 11.8 Å². The van der Waals surface area contributed by atoms with Crippen molar-refractivity contribution in [3.05, 3.63) is 70.0 Å². The largest absolute Gasteiger partial charge is 0.460 e. The van der Waals surface area contributed by atoms with Crippen LogP contribution in [-0.2, 0) is 16.6 Å². The van der Waals surface area contributed by atoms with Crippen LogP contribution >= 0.6 is 0 Å². The van der Waals surface area contributed by atoms with Crippen molar-refractivity contribution < 1.29 is 9.53 Å². The fraction of sp³-hybridized carbons (Fsp3) is 0.400. The van der Waals surface area contributed by atoms with Crippen LogP contribution in [0.2, 0.25) is 0 Å². The van der Waals surface area contributed by atoms with Gasteiger partial charge in [0.15, 0.2) is 5.82 Å². The molecule has 0 radical (unpaired) electrons. The number of aromatic nitrogens is 2. The molecule has 0 amide bonds. The van der Waals surface area contributed by atoms with Crippen molar-refractivity contribution in [2.45, 2.75) is 52.6 Å². The molecule has 0 spiro atoms. The lowest BCUT2D eigenvalue weighted by atomic mass is 9.93. The van der Waals surface area contributed by atoms with E-state index in [1.54, 1.807) is 23.7 Å². The number of nitriles is 1. The van der Waals surface area contributed by atoms with Gasteiger partial charge in [0, 0.05) is 37.7 Å². The molecule has 1 aromatic heterocycles. The van der Waals surface area contributed by atoms with Gasteiger partial charge in [-0.15, -0.1) is 0 Å². The SMILES string of the molecule is Cc1ccc(-c2c(-c3ccc(C#N)cc3)nc(N3CCC(CC(=O)OC(C)(C)C)CC3)c(=O)n2C)cc1. The van der Waals surface area contributed by atoms with Gasteiger partial charge in [0.05, 0.1) is 23.0 Å². The molecule has 0 atom stereocenters. The zero-order valence-corrected chi connectivity index (χ0v) is 22.2. The van der Waals surface area contributed by atoms with Crippen molar-refractivity contribution in [2.24, 2.45) is 13.0 Å². The van der Waals surface area contributed by atoms with E-state index >= 15 is 0 Å². The predicted octanol–water partition coefficient (Wildman–Crippen LogP) is 5.24. The molecule has 0 aliphatic carbocycles. The molecule has 1 fully saturated rings. The number of nitrogens with zero attached hydrogens (tertiary/aromatic N) is 4. The Balaban J connectivity index is 1.67. The van der Waals surface area contributed by atoms with Gasteiger partial charge in [0.1, 0.15) is 5.60 Å². The Morgan fingerprint density at radius 1 is 1.05 bits per heavy atom. The third kappa shape index (κ3) is 6.08. The molecule has 7 nitrogen and oxygen atoms in total. The number of rotatable bonds is 5. The molecule has 2 heterocycles. The molecule has 2 aromatic carbocycles. The van der Waals surface area contributed by atoms with Gasteiger partial charge < -0.3 is 14.2 Å². The van der Waals surface area contributed by atoms with Crippen molar-refractivity contribution in [2.75, 3.05) is 18.0 Å². The Kier molecular flexibility index (Phi) is 7.49. The van der Waals surface area contributed by atoms with Crippen LogP contribution in [0, 0.1) is 24.2 Å². The standard InChI is InChI=1S/C30H34N4O3/c1-20-6-10-24(11-7-20)27-26(23-12-8-22(19-31)9-13-23)32-28(29(36)33(27)5)34-16-14-21(15-17-34)18-25(35)37-30(2,3)4/h6-13,21H,14-18H2,1-5H3. The number of anilines is 1. The minimum atomic E-state index is -0.491. The van der Waals surface area contributed by atoms with E-state index in [4.69, 9.17) is 9.72 Å². The van der Waals surface area contributed by atoms with E-state index in [-0.39, 0.29) is 17.4 Å². The summed E-state index contributed by atoms with van der Waals surface area (Å²) in [5.41, 5.74) is 4.23. The number of piperidine rings is 1. The van der Waals surface area contributed by atoms with E-state index in [2.05, 4.69) is 6.07 Å². The van der Waals surface area contributed by atoms with Gasteiger partial charge in [-0.2, -0.15) is 5.26 Å². The number of esters is 1. The van der Waals surface area contributed by atoms with Gasteiger partial charge in [0.25, 0.3) is 5.56 Å². The molecule has 0 bridgehead atoms. The molecule has 1 saturated heterocycles. The van der Waals surface area contributed by atoms with Crippen LogP contribution in [0.15, 0.2) is 53.3 Å². The minimum Gasteiger partial charge on any atom is -0.460 e. The zero-order valence-electron chi connectivity index (χ0n) is 22.2. The molecular formula is C30H34N4O3. The van der Waals surface area contributed by atoms with Gasteiger partial charge in [-0.25, -0.2) is 4.98 Å². The molecule has 1 aliphatic rings. The molecule has 0 saturated carbocycles. The number of carbonyl (C=O) groups is 1. The highest BCUT2D eigenvalue weighted by Crippen LogP contribution is 2.32. The van der Waals surface area contributed by atoms with Crippen molar-refractivity contribution in [1.29, 1.82) is 5.26 Å². The molecule has 37 heavy (non-hydrogen) atoms. The molecule has 192 valence electrons. The second-order valence-electron chi connectivity index (χ2n) is 10.8. The minimum absolute atomic E-state index is 0.154. The normalized spacial score (nSPS) is 14.3. The maximum atomic E-state index is 13.6. The third-order valence-corrected chi connectivity index (χ3v) is 6.68. The summed E-state index contributed by atoms with van der Waals surface area (Å²) in [5.74, 6) is 0.457. The number of hydrogen-bond acceptors (Lipinski definition) is 6. The van der Waals surface area contributed by atoms with Gasteiger partial charge in [0.2, 0.25) is 0 Å². The first kappa shape index (κ1) is 26.2. The first-order chi connectivity index (χ1) is 17.6. The van der Waals surface area contributed by atoms with E-state index in [0.717, 1.165) is 35.2 Å². The van der Waals surface area contributed by atoms with Crippen LogP contribution < -0.4 is 10.5 Å². The average Bonchev–Trinajstić information content (AvgIpc) is 2.86. The smallest absolute Gasteiger partial charge is 0.306 e. The van der Waals surface area contributed by atoms with E-state index in [1.807, 2.05) is 69.0 Å². The van der Waals surface area contributed by atoms with Gasteiger partial charge >= 0.3 is 5.97 Å². The third-order valence-electron chi connectivity index (χ3n) is 6.68. The molecule has 0 unspecified atom stereocenters. The first-order valence-corrected chi connectivity index (χ1v) is 12.7. The van der Waals surface area contributed by atoms with Crippen LogP contribution in [0.25, 0.3) is 22.5 Å². The summed E-state index contributed by atoms with van der Waals surface area (Å²) in [5, 5.41) is 9.24. The van der Waals surface area contributed by atoms with E-state index in [1.165, 1.54) is 0 Å². The molecule has 4 rings (SSSR count). The number of benzene rings is 2. The van der Waals surface area contributed by atoms with Crippen LogP contribution in [0.1, 0.15) is 51.2 Å².